The lowest BCUT2D eigenvalue weighted by atomic mass is 9.83. The van der Waals surface area contributed by atoms with E-state index in [4.69, 9.17) is 4.74 Å². The first-order valence-corrected chi connectivity index (χ1v) is 7.40. The Balaban J connectivity index is 1.85. The topological polar surface area (TPSA) is 51.2 Å². The van der Waals surface area contributed by atoms with Gasteiger partial charge in [0.15, 0.2) is 10.8 Å². The average molecular weight is 268 g/mol. The fraction of sp³-hybridized carbons (Fsp3) is 0.692. The second-order valence-electron chi connectivity index (χ2n) is 4.66. The maximum atomic E-state index is 11.6. The van der Waals surface area contributed by atoms with Gasteiger partial charge in [0, 0.05) is 11.4 Å². The number of aromatic nitrogens is 1. The van der Waals surface area contributed by atoms with Gasteiger partial charge in [-0.05, 0) is 26.2 Å². The molecule has 1 aromatic rings. The van der Waals surface area contributed by atoms with Crippen LogP contribution in [0.25, 0.3) is 0 Å². The number of aryl methyl sites for hydroxylation is 1. The number of rotatable bonds is 6. The Labute approximate surface area is 112 Å². The Morgan fingerprint density at radius 1 is 1.56 bits per heavy atom. The fourth-order valence-electron chi connectivity index (χ4n) is 2.03. The zero-order valence-corrected chi connectivity index (χ0v) is 11.8. The van der Waals surface area contributed by atoms with E-state index in [0.717, 1.165) is 22.5 Å². The predicted octanol–water partition coefficient (Wildman–Crippen LogP) is 3.23. The van der Waals surface area contributed by atoms with Gasteiger partial charge in [0.25, 0.3) is 0 Å². The summed E-state index contributed by atoms with van der Waals surface area (Å²) in [5.74, 6) is 0.571. The predicted molar refractivity (Wildman–Crippen MR) is 73.3 cm³/mol. The van der Waals surface area contributed by atoms with Gasteiger partial charge >= 0.3 is 5.97 Å². The summed E-state index contributed by atoms with van der Waals surface area (Å²) in [7, 11) is 0. The van der Waals surface area contributed by atoms with E-state index in [1.807, 2.05) is 6.92 Å². The molecule has 0 aliphatic heterocycles. The molecule has 4 nitrogen and oxygen atoms in total. The summed E-state index contributed by atoms with van der Waals surface area (Å²) in [6.45, 7) is 5.04. The highest BCUT2D eigenvalue weighted by molar-refractivity contribution is 7.15. The molecule has 0 radical (unpaired) electrons. The summed E-state index contributed by atoms with van der Waals surface area (Å²) in [6, 6.07) is 0. The van der Waals surface area contributed by atoms with Gasteiger partial charge in [-0.1, -0.05) is 19.3 Å². The molecule has 1 N–H and O–H groups in total. The molecule has 1 aliphatic carbocycles. The van der Waals surface area contributed by atoms with Crippen LogP contribution in [0.15, 0.2) is 0 Å². The number of nitrogens with one attached hydrogen (secondary N) is 1. The van der Waals surface area contributed by atoms with E-state index in [2.05, 4.69) is 10.3 Å². The van der Waals surface area contributed by atoms with E-state index < -0.39 is 0 Å². The van der Waals surface area contributed by atoms with Crippen molar-refractivity contribution in [2.45, 2.75) is 39.5 Å². The van der Waals surface area contributed by atoms with Crippen LogP contribution < -0.4 is 5.32 Å². The SMILES string of the molecule is CCOC(=O)c1nc(NCCC2CCC2)sc1C. The Morgan fingerprint density at radius 3 is 2.94 bits per heavy atom. The summed E-state index contributed by atoms with van der Waals surface area (Å²) in [5.41, 5.74) is 0.452. The summed E-state index contributed by atoms with van der Waals surface area (Å²) < 4.78 is 4.97. The monoisotopic (exact) mass is 268 g/mol. The third kappa shape index (κ3) is 3.22. The van der Waals surface area contributed by atoms with Crippen molar-refractivity contribution in [1.82, 2.24) is 4.98 Å². The highest BCUT2D eigenvalue weighted by Crippen LogP contribution is 2.29. The Morgan fingerprint density at radius 2 is 2.33 bits per heavy atom. The number of carbonyl (C=O) groups is 1. The number of hydrogen-bond donors (Lipinski definition) is 1. The van der Waals surface area contributed by atoms with Crippen molar-refractivity contribution in [3.63, 3.8) is 0 Å². The first-order chi connectivity index (χ1) is 8.70. The van der Waals surface area contributed by atoms with Crippen LogP contribution in [0.4, 0.5) is 5.13 Å². The number of hydrogen-bond acceptors (Lipinski definition) is 5. The van der Waals surface area contributed by atoms with E-state index in [1.54, 1.807) is 6.92 Å². The second-order valence-corrected chi connectivity index (χ2v) is 5.86. The van der Waals surface area contributed by atoms with Crippen molar-refractivity contribution in [2.24, 2.45) is 5.92 Å². The molecular weight excluding hydrogens is 248 g/mol. The zero-order valence-electron chi connectivity index (χ0n) is 11.0. The lowest BCUT2D eigenvalue weighted by molar-refractivity contribution is 0.0519. The molecule has 0 bridgehead atoms. The van der Waals surface area contributed by atoms with Crippen LogP contribution in [0.2, 0.25) is 0 Å². The van der Waals surface area contributed by atoms with E-state index >= 15 is 0 Å². The highest BCUT2D eigenvalue weighted by atomic mass is 32.1. The van der Waals surface area contributed by atoms with E-state index in [-0.39, 0.29) is 5.97 Å². The van der Waals surface area contributed by atoms with E-state index in [0.29, 0.717) is 12.3 Å². The molecule has 0 saturated heterocycles. The summed E-state index contributed by atoms with van der Waals surface area (Å²) in [5, 5.41) is 4.13. The Kier molecular flexibility index (Phi) is 4.58. The third-order valence-corrected chi connectivity index (χ3v) is 4.25. The molecule has 0 atom stereocenters. The minimum Gasteiger partial charge on any atom is -0.461 e. The number of ether oxygens (including phenoxy) is 1. The molecule has 1 aromatic heterocycles. The summed E-state index contributed by atoms with van der Waals surface area (Å²) in [4.78, 5) is 16.8. The average Bonchev–Trinajstić information content (AvgIpc) is 2.64. The van der Waals surface area contributed by atoms with Gasteiger partial charge in [0.2, 0.25) is 0 Å². The molecule has 0 amide bonds. The van der Waals surface area contributed by atoms with Gasteiger partial charge in [-0.2, -0.15) is 0 Å². The second kappa shape index (κ2) is 6.18. The van der Waals surface area contributed by atoms with E-state index in [9.17, 15) is 4.79 Å². The van der Waals surface area contributed by atoms with Crippen LogP contribution in [0, 0.1) is 12.8 Å². The lowest BCUT2D eigenvalue weighted by Crippen LogP contribution is -2.15. The highest BCUT2D eigenvalue weighted by Gasteiger charge is 2.18. The Bertz CT molecular complexity index is 413. The van der Waals surface area contributed by atoms with Crippen molar-refractivity contribution in [3.05, 3.63) is 10.6 Å². The van der Waals surface area contributed by atoms with Crippen molar-refractivity contribution in [3.8, 4) is 0 Å². The maximum absolute atomic E-state index is 11.6. The molecule has 18 heavy (non-hydrogen) atoms. The molecule has 1 heterocycles. The first-order valence-electron chi connectivity index (χ1n) is 6.59. The standard InChI is InChI=1S/C13H20N2O2S/c1-3-17-12(16)11-9(2)18-13(15-11)14-8-7-10-5-4-6-10/h10H,3-8H2,1-2H3,(H,14,15). The number of nitrogens with zero attached hydrogens (tertiary/aromatic N) is 1. The van der Waals surface area contributed by atoms with Crippen LogP contribution in [-0.2, 0) is 4.74 Å². The zero-order chi connectivity index (χ0) is 13.0. The van der Waals surface area contributed by atoms with Crippen molar-refractivity contribution in [2.75, 3.05) is 18.5 Å². The number of thiazole rings is 1. The minimum atomic E-state index is -0.321. The fourth-order valence-corrected chi connectivity index (χ4v) is 2.85. The Hall–Kier alpha value is -1.10. The van der Waals surface area contributed by atoms with Crippen LogP contribution >= 0.6 is 11.3 Å². The summed E-state index contributed by atoms with van der Waals surface area (Å²) >= 11 is 1.52. The van der Waals surface area contributed by atoms with Crippen molar-refractivity contribution in [1.29, 1.82) is 0 Å². The molecule has 1 fully saturated rings. The number of carbonyl (C=O) groups excluding carboxylic acids is 1. The van der Waals surface area contributed by atoms with Crippen LogP contribution in [0.3, 0.4) is 0 Å². The van der Waals surface area contributed by atoms with Gasteiger partial charge in [0.05, 0.1) is 6.61 Å². The molecule has 1 saturated carbocycles. The van der Waals surface area contributed by atoms with Gasteiger partial charge in [-0.15, -0.1) is 11.3 Å². The summed E-state index contributed by atoms with van der Waals surface area (Å²) in [6.07, 6.45) is 5.32. The van der Waals surface area contributed by atoms with Crippen molar-refractivity contribution >= 4 is 22.4 Å². The molecule has 0 aromatic carbocycles. The number of anilines is 1. The smallest absolute Gasteiger partial charge is 0.358 e. The minimum absolute atomic E-state index is 0.321. The quantitative estimate of drug-likeness (QED) is 0.805. The molecule has 5 heteroatoms. The molecule has 0 unspecified atom stereocenters. The van der Waals surface area contributed by atoms with Crippen LogP contribution in [0.1, 0.15) is 48.0 Å². The van der Waals surface area contributed by atoms with Gasteiger partial charge in [0.1, 0.15) is 0 Å². The molecular formula is C13H20N2O2S. The maximum Gasteiger partial charge on any atom is 0.358 e. The third-order valence-electron chi connectivity index (χ3n) is 3.32. The molecule has 100 valence electrons. The van der Waals surface area contributed by atoms with E-state index in [1.165, 1.54) is 37.0 Å². The lowest BCUT2D eigenvalue weighted by Gasteiger charge is -2.24. The molecule has 1 aliphatic rings. The van der Waals surface area contributed by atoms with Gasteiger partial charge in [-0.3, -0.25) is 0 Å². The normalized spacial score (nSPS) is 15.2. The largest absolute Gasteiger partial charge is 0.461 e. The number of esters is 1. The van der Waals surface area contributed by atoms with Crippen LogP contribution in [-0.4, -0.2) is 24.1 Å². The first kappa shape index (κ1) is 13.3. The molecule has 2 rings (SSSR count). The van der Waals surface area contributed by atoms with Crippen LogP contribution in [0.5, 0.6) is 0 Å². The van der Waals surface area contributed by atoms with Gasteiger partial charge < -0.3 is 10.1 Å². The van der Waals surface area contributed by atoms with Crippen molar-refractivity contribution < 1.29 is 9.53 Å². The van der Waals surface area contributed by atoms with Gasteiger partial charge in [-0.25, -0.2) is 9.78 Å². The molecule has 0 spiro atoms.